The van der Waals surface area contributed by atoms with E-state index in [1.807, 2.05) is 24.3 Å². The minimum atomic E-state index is 0.475. The van der Waals surface area contributed by atoms with Crippen LogP contribution in [0.25, 0.3) is 0 Å². The summed E-state index contributed by atoms with van der Waals surface area (Å²) in [4.78, 5) is 0. The minimum Gasteiger partial charge on any atom is -0.489 e. The number of ether oxygens (including phenoxy) is 1. The van der Waals surface area contributed by atoms with E-state index in [2.05, 4.69) is 22.8 Å². The van der Waals surface area contributed by atoms with Gasteiger partial charge in [0.1, 0.15) is 12.4 Å². The molecule has 1 saturated heterocycles. The van der Waals surface area contributed by atoms with Crippen LogP contribution in [0.15, 0.2) is 42.5 Å². The van der Waals surface area contributed by atoms with Crippen molar-refractivity contribution in [3.05, 3.63) is 63.6 Å². The Bertz CT molecular complexity index is 687. The molecule has 25 heavy (non-hydrogen) atoms. The molecular formula is C20H24Cl2N2O. The van der Waals surface area contributed by atoms with Gasteiger partial charge >= 0.3 is 0 Å². The van der Waals surface area contributed by atoms with Gasteiger partial charge in [0.25, 0.3) is 0 Å². The molecule has 1 aliphatic heterocycles. The van der Waals surface area contributed by atoms with E-state index in [1.54, 1.807) is 6.07 Å². The third kappa shape index (κ3) is 5.89. The lowest BCUT2D eigenvalue weighted by molar-refractivity contribution is 0.305. The molecule has 5 heteroatoms. The Morgan fingerprint density at radius 3 is 2.64 bits per heavy atom. The molecule has 0 spiro atoms. The number of nitrogens with one attached hydrogen (secondary N) is 2. The minimum absolute atomic E-state index is 0.475. The number of halogens is 2. The molecule has 1 fully saturated rings. The van der Waals surface area contributed by atoms with Gasteiger partial charge in [0.2, 0.25) is 0 Å². The van der Waals surface area contributed by atoms with Crippen LogP contribution in [0.2, 0.25) is 10.0 Å². The van der Waals surface area contributed by atoms with Gasteiger partial charge in [-0.1, -0.05) is 41.4 Å². The summed E-state index contributed by atoms with van der Waals surface area (Å²) in [6.07, 6.45) is 2.53. The van der Waals surface area contributed by atoms with E-state index in [0.717, 1.165) is 43.4 Å². The molecule has 0 saturated carbocycles. The summed E-state index contributed by atoms with van der Waals surface area (Å²) in [6, 6.07) is 13.8. The molecular weight excluding hydrogens is 355 g/mol. The highest BCUT2D eigenvalue weighted by molar-refractivity contribution is 6.42. The predicted molar refractivity (Wildman–Crippen MR) is 105 cm³/mol. The van der Waals surface area contributed by atoms with Crippen LogP contribution < -0.4 is 15.4 Å². The normalized spacial score (nSPS) is 15.3. The third-order valence-electron chi connectivity index (χ3n) is 4.51. The second-order valence-corrected chi connectivity index (χ2v) is 7.32. The maximum absolute atomic E-state index is 6.04. The van der Waals surface area contributed by atoms with Gasteiger partial charge < -0.3 is 15.4 Å². The van der Waals surface area contributed by atoms with Crippen LogP contribution in [-0.4, -0.2) is 19.6 Å². The zero-order valence-corrected chi connectivity index (χ0v) is 15.7. The Kier molecular flexibility index (Phi) is 7.00. The average molecular weight is 379 g/mol. The van der Waals surface area contributed by atoms with Crippen LogP contribution in [-0.2, 0) is 13.2 Å². The molecule has 1 heterocycles. The summed E-state index contributed by atoms with van der Waals surface area (Å²) in [7, 11) is 0. The van der Waals surface area contributed by atoms with Gasteiger partial charge in [-0.15, -0.1) is 0 Å². The summed E-state index contributed by atoms with van der Waals surface area (Å²) in [6.45, 7) is 4.71. The molecule has 3 rings (SSSR count). The van der Waals surface area contributed by atoms with Crippen LogP contribution >= 0.6 is 23.2 Å². The first-order valence-electron chi connectivity index (χ1n) is 8.78. The number of piperidine rings is 1. The Balaban J connectivity index is 1.47. The fourth-order valence-electron chi connectivity index (χ4n) is 3.05. The fraction of sp³-hybridized carbons (Fsp3) is 0.400. The van der Waals surface area contributed by atoms with E-state index < -0.39 is 0 Å². The second kappa shape index (κ2) is 9.44. The van der Waals surface area contributed by atoms with Crippen LogP contribution in [0.1, 0.15) is 24.0 Å². The number of benzene rings is 2. The largest absolute Gasteiger partial charge is 0.489 e. The molecule has 3 nitrogen and oxygen atoms in total. The van der Waals surface area contributed by atoms with Crippen molar-refractivity contribution in [2.75, 3.05) is 19.6 Å². The molecule has 0 bridgehead atoms. The van der Waals surface area contributed by atoms with Crippen molar-refractivity contribution in [2.24, 2.45) is 5.92 Å². The molecule has 0 atom stereocenters. The summed E-state index contributed by atoms with van der Waals surface area (Å²) in [5, 5.41) is 8.09. The molecule has 134 valence electrons. The van der Waals surface area contributed by atoms with E-state index in [0.29, 0.717) is 16.7 Å². The highest BCUT2D eigenvalue weighted by Crippen LogP contribution is 2.23. The van der Waals surface area contributed by atoms with Crippen LogP contribution in [0.4, 0.5) is 0 Å². The molecule has 0 amide bonds. The van der Waals surface area contributed by atoms with Gasteiger partial charge in [0, 0.05) is 6.54 Å². The molecule has 2 aromatic rings. The van der Waals surface area contributed by atoms with Gasteiger partial charge in [-0.2, -0.15) is 0 Å². The zero-order valence-electron chi connectivity index (χ0n) is 14.2. The van der Waals surface area contributed by atoms with Crippen molar-refractivity contribution in [3.8, 4) is 5.75 Å². The monoisotopic (exact) mass is 378 g/mol. The van der Waals surface area contributed by atoms with Crippen molar-refractivity contribution < 1.29 is 4.74 Å². The quantitative estimate of drug-likeness (QED) is 0.734. The standard InChI is InChI=1S/C20H24Cl2N2O/c21-19-5-4-17(11-20(19)22)14-25-18-3-1-2-16(10-18)13-24-12-15-6-8-23-9-7-15/h1-5,10-11,15,23-24H,6-9,12-14H2. The maximum Gasteiger partial charge on any atom is 0.120 e. The lowest BCUT2D eigenvalue weighted by atomic mass is 9.98. The van der Waals surface area contributed by atoms with E-state index >= 15 is 0 Å². The topological polar surface area (TPSA) is 33.3 Å². The number of rotatable bonds is 7. The van der Waals surface area contributed by atoms with Gasteiger partial charge in [-0.3, -0.25) is 0 Å². The van der Waals surface area contributed by atoms with Crippen molar-refractivity contribution in [3.63, 3.8) is 0 Å². The second-order valence-electron chi connectivity index (χ2n) is 6.51. The maximum atomic E-state index is 6.04. The first-order chi connectivity index (χ1) is 12.2. The Hall–Kier alpha value is -1.26. The summed E-state index contributed by atoms with van der Waals surface area (Å²) in [5.41, 5.74) is 2.24. The first kappa shape index (κ1) is 18.5. The lowest BCUT2D eigenvalue weighted by Gasteiger charge is -2.22. The van der Waals surface area contributed by atoms with Crippen molar-refractivity contribution in [2.45, 2.75) is 26.0 Å². The number of hydrogen-bond donors (Lipinski definition) is 2. The van der Waals surface area contributed by atoms with Gasteiger partial charge in [0.15, 0.2) is 0 Å². The lowest BCUT2D eigenvalue weighted by Crippen LogP contribution is -2.33. The first-order valence-corrected chi connectivity index (χ1v) is 9.53. The van der Waals surface area contributed by atoms with E-state index in [1.165, 1.54) is 18.4 Å². The highest BCUT2D eigenvalue weighted by atomic mass is 35.5. The molecule has 0 aromatic heterocycles. The summed E-state index contributed by atoms with van der Waals surface area (Å²) in [5.74, 6) is 1.66. The summed E-state index contributed by atoms with van der Waals surface area (Å²) < 4.78 is 5.89. The van der Waals surface area contributed by atoms with Crippen molar-refractivity contribution in [1.29, 1.82) is 0 Å². The predicted octanol–water partition coefficient (Wildman–Crippen LogP) is 4.66. The smallest absolute Gasteiger partial charge is 0.120 e. The van der Waals surface area contributed by atoms with Crippen LogP contribution in [0.3, 0.4) is 0 Å². The molecule has 2 aromatic carbocycles. The Morgan fingerprint density at radius 1 is 1.00 bits per heavy atom. The Labute approximate surface area is 159 Å². The van der Waals surface area contributed by atoms with Gasteiger partial charge in [0.05, 0.1) is 10.0 Å². The van der Waals surface area contributed by atoms with E-state index in [-0.39, 0.29) is 0 Å². The van der Waals surface area contributed by atoms with Gasteiger partial charge in [-0.25, -0.2) is 0 Å². The van der Waals surface area contributed by atoms with E-state index in [9.17, 15) is 0 Å². The molecule has 0 aliphatic carbocycles. The zero-order chi connectivity index (χ0) is 17.5. The fourth-order valence-corrected chi connectivity index (χ4v) is 3.37. The van der Waals surface area contributed by atoms with E-state index in [4.69, 9.17) is 27.9 Å². The SMILES string of the molecule is Clc1ccc(COc2cccc(CNCC3CCNCC3)c2)cc1Cl. The molecule has 2 N–H and O–H groups in total. The van der Waals surface area contributed by atoms with Gasteiger partial charge in [-0.05, 0) is 73.8 Å². The molecule has 0 unspecified atom stereocenters. The van der Waals surface area contributed by atoms with Crippen molar-refractivity contribution >= 4 is 23.2 Å². The van der Waals surface area contributed by atoms with Crippen LogP contribution in [0, 0.1) is 5.92 Å². The Morgan fingerprint density at radius 2 is 1.84 bits per heavy atom. The summed E-state index contributed by atoms with van der Waals surface area (Å²) >= 11 is 12.0. The van der Waals surface area contributed by atoms with Crippen LogP contribution in [0.5, 0.6) is 5.75 Å². The average Bonchev–Trinajstić information content (AvgIpc) is 2.64. The molecule has 1 aliphatic rings. The number of hydrogen-bond acceptors (Lipinski definition) is 3. The van der Waals surface area contributed by atoms with Crippen molar-refractivity contribution in [1.82, 2.24) is 10.6 Å². The third-order valence-corrected chi connectivity index (χ3v) is 5.25. The highest BCUT2D eigenvalue weighted by Gasteiger charge is 2.12. The molecule has 0 radical (unpaired) electrons.